The van der Waals surface area contributed by atoms with Gasteiger partial charge >= 0.3 is 6.03 Å². The van der Waals surface area contributed by atoms with Crippen molar-refractivity contribution in [2.45, 2.75) is 19.4 Å². The van der Waals surface area contributed by atoms with E-state index in [-0.39, 0.29) is 18.4 Å². The number of nitrogens with one attached hydrogen (secondary N) is 2. The maximum absolute atomic E-state index is 12.4. The second kappa shape index (κ2) is 9.18. The van der Waals surface area contributed by atoms with Gasteiger partial charge in [0.2, 0.25) is 5.91 Å². The van der Waals surface area contributed by atoms with Gasteiger partial charge in [-0.3, -0.25) is 4.79 Å². The van der Waals surface area contributed by atoms with Gasteiger partial charge < -0.3 is 29.7 Å². The van der Waals surface area contributed by atoms with Gasteiger partial charge in [-0.2, -0.15) is 0 Å². The molecule has 8 heteroatoms. The van der Waals surface area contributed by atoms with Crippen LogP contribution in [0.15, 0.2) is 42.5 Å². The molecule has 3 amide bonds. The Bertz CT molecular complexity index is 869. The van der Waals surface area contributed by atoms with Crippen LogP contribution in [-0.2, 0) is 4.79 Å². The van der Waals surface area contributed by atoms with Gasteiger partial charge in [-0.25, -0.2) is 4.79 Å². The number of hydrogen-bond donors (Lipinski definition) is 2. The van der Waals surface area contributed by atoms with Crippen LogP contribution in [0.2, 0.25) is 0 Å². The summed E-state index contributed by atoms with van der Waals surface area (Å²) in [6, 6.07) is 11.7. The molecule has 1 saturated heterocycles. The van der Waals surface area contributed by atoms with Crippen LogP contribution in [0.3, 0.4) is 0 Å². The number of anilines is 2. The molecule has 1 aliphatic rings. The quantitative estimate of drug-likeness (QED) is 0.747. The number of nitrogens with zero attached hydrogens (tertiary/aromatic N) is 1. The Hall–Kier alpha value is -3.42. The maximum Gasteiger partial charge on any atom is 0.319 e. The van der Waals surface area contributed by atoms with Crippen molar-refractivity contribution in [3.05, 3.63) is 42.5 Å². The molecule has 2 N–H and O–H groups in total. The van der Waals surface area contributed by atoms with Crippen molar-refractivity contribution >= 4 is 23.3 Å². The summed E-state index contributed by atoms with van der Waals surface area (Å²) in [5, 5.41) is 5.60. The summed E-state index contributed by atoms with van der Waals surface area (Å²) in [5.41, 5.74) is 1.26. The summed E-state index contributed by atoms with van der Waals surface area (Å²) in [7, 11) is 3.07. The summed E-state index contributed by atoms with van der Waals surface area (Å²) < 4.78 is 15.9. The Labute approximate surface area is 169 Å². The molecule has 1 fully saturated rings. The van der Waals surface area contributed by atoms with Crippen LogP contribution in [0, 0.1) is 0 Å². The topological polar surface area (TPSA) is 89.1 Å². The minimum absolute atomic E-state index is 0.0431. The lowest BCUT2D eigenvalue weighted by molar-refractivity contribution is -0.117. The zero-order chi connectivity index (χ0) is 20.8. The highest BCUT2D eigenvalue weighted by atomic mass is 16.5. The van der Waals surface area contributed by atoms with Gasteiger partial charge in [0.1, 0.15) is 17.2 Å². The van der Waals surface area contributed by atoms with E-state index in [2.05, 4.69) is 10.6 Å². The standard InChI is InChI=1S/C21H25N3O5/c1-4-29-16-7-5-15(6-8-16)24-13-14(11-20(24)25)22-21(26)23-18-12-17(27-2)9-10-19(18)28-3/h5-10,12,14H,4,11,13H2,1-3H3,(H2,22,23,26). The Morgan fingerprint density at radius 2 is 1.83 bits per heavy atom. The number of ether oxygens (including phenoxy) is 3. The van der Waals surface area contributed by atoms with E-state index in [9.17, 15) is 9.59 Å². The molecule has 8 nitrogen and oxygen atoms in total. The highest BCUT2D eigenvalue weighted by molar-refractivity contribution is 5.98. The monoisotopic (exact) mass is 399 g/mol. The minimum Gasteiger partial charge on any atom is -0.497 e. The predicted octanol–water partition coefficient (Wildman–Crippen LogP) is 3.03. The molecule has 154 valence electrons. The predicted molar refractivity (Wildman–Crippen MR) is 110 cm³/mol. The summed E-state index contributed by atoms with van der Waals surface area (Å²) in [6.07, 6.45) is 0.232. The summed E-state index contributed by atoms with van der Waals surface area (Å²) >= 11 is 0. The van der Waals surface area contributed by atoms with Crippen molar-refractivity contribution < 1.29 is 23.8 Å². The largest absolute Gasteiger partial charge is 0.497 e. The third-order valence-electron chi connectivity index (χ3n) is 4.57. The first kappa shape index (κ1) is 20.3. The molecule has 1 heterocycles. The van der Waals surface area contributed by atoms with Crippen molar-refractivity contribution in [2.24, 2.45) is 0 Å². The fourth-order valence-corrected chi connectivity index (χ4v) is 3.20. The van der Waals surface area contributed by atoms with Gasteiger partial charge in [-0.15, -0.1) is 0 Å². The Kier molecular flexibility index (Phi) is 6.43. The molecule has 0 spiro atoms. The van der Waals surface area contributed by atoms with Gasteiger partial charge in [-0.05, 0) is 43.3 Å². The van der Waals surface area contributed by atoms with E-state index in [1.165, 1.54) is 7.11 Å². The summed E-state index contributed by atoms with van der Waals surface area (Å²) in [6.45, 7) is 2.90. The third-order valence-corrected chi connectivity index (χ3v) is 4.57. The zero-order valence-corrected chi connectivity index (χ0v) is 16.7. The first-order chi connectivity index (χ1) is 14.0. The Morgan fingerprint density at radius 3 is 2.48 bits per heavy atom. The molecule has 0 saturated carbocycles. The van der Waals surface area contributed by atoms with E-state index in [0.29, 0.717) is 30.3 Å². The maximum atomic E-state index is 12.4. The Morgan fingerprint density at radius 1 is 1.10 bits per heavy atom. The average molecular weight is 399 g/mol. The average Bonchev–Trinajstić information content (AvgIpc) is 3.08. The highest BCUT2D eigenvalue weighted by Crippen LogP contribution is 2.29. The van der Waals surface area contributed by atoms with Gasteiger partial charge in [-0.1, -0.05) is 0 Å². The van der Waals surface area contributed by atoms with Gasteiger partial charge in [0.15, 0.2) is 0 Å². The number of carbonyl (C=O) groups excluding carboxylic acids is 2. The van der Waals surface area contributed by atoms with Crippen molar-refractivity contribution in [1.82, 2.24) is 5.32 Å². The van der Waals surface area contributed by atoms with Crippen LogP contribution in [0.4, 0.5) is 16.2 Å². The van der Waals surface area contributed by atoms with Crippen LogP contribution in [-0.4, -0.2) is 45.4 Å². The van der Waals surface area contributed by atoms with Crippen LogP contribution in [0.5, 0.6) is 17.2 Å². The zero-order valence-electron chi connectivity index (χ0n) is 16.7. The molecular formula is C21H25N3O5. The molecule has 1 atom stereocenters. The number of rotatable bonds is 7. The lowest BCUT2D eigenvalue weighted by Gasteiger charge is -2.18. The second-order valence-corrected chi connectivity index (χ2v) is 6.50. The van der Waals surface area contributed by atoms with Crippen LogP contribution in [0.25, 0.3) is 0 Å². The van der Waals surface area contributed by atoms with Crippen LogP contribution >= 0.6 is 0 Å². The molecular weight excluding hydrogens is 374 g/mol. The fraction of sp³-hybridized carbons (Fsp3) is 0.333. The molecule has 2 aromatic rings. The summed E-state index contributed by atoms with van der Waals surface area (Å²) in [4.78, 5) is 26.5. The normalized spacial score (nSPS) is 15.8. The lowest BCUT2D eigenvalue weighted by atomic mass is 10.2. The molecule has 29 heavy (non-hydrogen) atoms. The van der Waals surface area contributed by atoms with Crippen molar-refractivity contribution in [3.63, 3.8) is 0 Å². The van der Waals surface area contributed by atoms with E-state index in [0.717, 1.165) is 11.4 Å². The van der Waals surface area contributed by atoms with Gasteiger partial charge in [0.25, 0.3) is 0 Å². The minimum atomic E-state index is -0.414. The number of benzene rings is 2. The molecule has 1 unspecified atom stereocenters. The van der Waals surface area contributed by atoms with E-state index < -0.39 is 6.03 Å². The van der Waals surface area contributed by atoms with E-state index in [1.807, 2.05) is 31.2 Å². The van der Waals surface area contributed by atoms with Crippen molar-refractivity contribution in [2.75, 3.05) is 37.6 Å². The fourth-order valence-electron chi connectivity index (χ4n) is 3.20. The number of urea groups is 1. The SMILES string of the molecule is CCOc1ccc(N2CC(NC(=O)Nc3cc(OC)ccc3OC)CC2=O)cc1. The molecule has 0 bridgehead atoms. The first-order valence-corrected chi connectivity index (χ1v) is 9.36. The van der Waals surface area contributed by atoms with E-state index in [4.69, 9.17) is 14.2 Å². The summed E-state index contributed by atoms with van der Waals surface area (Å²) in [5.74, 6) is 1.82. The van der Waals surface area contributed by atoms with E-state index in [1.54, 1.807) is 30.2 Å². The molecule has 2 aromatic carbocycles. The number of carbonyl (C=O) groups is 2. The van der Waals surface area contributed by atoms with Gasteiger partial charge in [0.05, 0.1) is 32.6 Å². The number of hydrogen-bond acceptors (Lipinski definition) is 5. The van der Waals surface area contributed by atoms with Gasteiger partial charge in [0, 0.05) is 24.7 Å². The first-order valence-electron chi connectivity index (χ1n) is 9.36. The number of amides is 3. The van der Waals surface area contributed by atoms with Crippen molar-refractivity contribution in [1.29, 1.82) is 0 Å². The molecule has 0 aromatic heterocycles. The molecule has 3 rings (SSSR count). The number of methoxy groups -OCH3 is 2. The smallest absolute Gasteiger partial charge is 0.319 e. The third kappa shape index (κ3) is 4.90. The highest BCUT2D eigenvalue weighted by Gasteiger charge is 2.31. The van der Waals surface area contributed by atoms with Crippen LogP contribution in [0.1, 0.15) is 13.3 Å². The van der Waals surface area contributed by atoms with Crippen LogP contribution < -0.4 is 29.7 Å². The molecule has 1 aliphatic heterocycles. The van der Waals surface area contributed by atoms with Crippen molar-refractivity contribution in [3.8, 4) is 17.2 Å². The lowest BCUT2D eigenvalue weighted by Crippen LogP contribution is -2.39. The molecule has 0 radical (unpaired) electrons. The Balaban J connectivity index is 1.61. The second-order valence-electron chi connectivity index (χ2n) is 6.50. The van der Waals surface area contributed by atoms with E-state index >= 15 is 0 Å². The molecule has 0 aliphatic carbocycles.